The molecule has 112 valence electrons. The summed E-state index contributed by atoms with van der Waals surface area (Å²) in [5.74, 6) is 0. The number of aromatic nitrogens is 2. The number of likely N-dealkylation sites (tertiary alicyclic amines) is 2. The third kappa shape index (κ3) is 2.65. The topological polar surface area (TPSA) is 24.3 Å². The maximum atomic E-state index is 4.29. The highest BCUT2D eigenvalue weighted by Crippen LogP contribution is 2.33. The first-order chi connectivity index (χ1) is 10.3. The molecule has 4 rings (SSSR count). The molecule has 0 saturated carbocycles. The first kappa shape index (κ1) is 13.5. The molecule has 0 N–H and O–H groups in total. The highest BCUT2D eigenvalue weighted by atomic mass is 32.1. The molecule has 2 aromatic rings. The normalized spacial score (nSPS) is 26.5. The number of hydrogen-bond donors (Lipinski definition) is 0. The van der Waals surface area contributed by atoms with Gasteiger partial charge in [0.25, 0.3) is 0 Å². The Bertz CT molecular complexity index is 591. The molecule has 2 aliphatic heterocycles. The van der Waals surface area contributed by atoms with Gasteiger partial charge in [0.05, 0.1) is 6.20 Å². The van der Waals surface area contributed by atoms with Crippen molar-refractivity contribution in [1.29, 1.82) is 0 Å². The molecule has 0 aromatic carbocycles. The summed E-state index contributed by atoms with van der Waals surface area (Å²) in [5, 5.41) is 8.76. The number of nitrogens with zero attached hydrogens (tertiary/aromatic N) is 4. The maximum absolute atomic E-state index is 4.29. The van der Waals surface area contributed by atoms with E-state index >= 15 is 0 Å². The second-order valence-corrected chi connectivity index (χ2v) is 7.09. The zero-order chi connectivity index (χ0) is 14.2. The number of aryl methyl sites for hydroxylation is 1. The minimum atomic E-state index is 0.740. The second kappa shape index (κ2) is 5.55. The molecule has 21 heavy (non-hydrogen) atoms. The Morgan fingerprint density at radius 2 is 1.86 bits per heavy atom. The van der Waals surface area contributed by atoms with Gasteiger partial charge in [0.15, 0.2) is 0 Å². The van der Waals surface area contributed by atoms with Crippen LogP contribution in [0, 0.1) is 0 Å². The molecule has 0 spiro atoms. The molecule has 2 fully saturated rings. The Kier molecular flexibility index (Phi) is 3.57. The lowest BCUT2D eigenvalue weighted by Crippen LogP contribution is -2.35. The first-order valence-electron chi connectivity index (χ1n) is 7.76. The predicted octanol–water partition coefficient (Wildman–Crippen LogP) is 2.33. The predicted molar refractivity (Wildman–Crippen MR) is 85.2 cm³/mol. The van der Waals surface area contributed by atoms with Crippen molar-refractivity contribution in [2.24, 2.45) is 7.05 Å². The van der Waals surface area contributed by atoms with Gasteiger partial charge in [-0.05, 0) is 35.2 Å². The van der Waals surface area contributed by atoms with Gasteiger partial charge in [0.2, 0.25) is 0 Å². The lowest BCUT2D eigenvalue weighted by molar-refractivity contribution is 0.213. The van der Waals surface area contributed by atoms with Crippen LogP contribution in [0.3, 0.4) is 0 Å². The van der Waals surface area contributed by atoms with Crippen LogP contribution in [0.2, 0.25) is 0 Å². The first-order valence-corrected chi connectivity index (χ1v) is 8.70. The van der Waals surface area contributed by atoms with E-state index in [1.54, 1.807) is 11.3 Å². The molecule has 2 saturated heterocycles. The summed E-state index contributed by atoms with van der Waals surface area (Å²) in [6.45, 7) is 4.66. The minimum absolute atomic E-state index is 0.740. The van der Waals surface area contributed by atoms with E-state index < -0.39 is 0 Å². The number of fused-ring (bicyclic) bond motifs is 1. The van der Waals surface area contributed by atoms with Crippen LogP contribution < -0.4 is 0 Å². The van der Waals surface area contributed by atoms with Gasteiger partial charge in [-0.25, -0.2) is 0 Å². The van der Waals surface area contributed by atoms with E-state index in [0.717, 1.165) is 25.2 Å². The fourth-order valence-corrected chi connectivity index (χ4v) is 4.62. The number of thiophene rings is 1. The van der Waals surface area contributed by atoms with E-state index in [1.165, 1.54) is 37.1 Å². The van der Waals surface area contributed by atoms with Gasteiger partial charge < -0.3 is 0 Å². The van der Waals surface area contributed by atoms with Gasteiger partial charge in [0, 0.05) is 57.1 Å². The molecular weight excluding hydrogens is 280 g/mol. The van der Waals surface area contributed by atoms with Gasteiger partial charge in [-0.1, -0.05) is 0 Å². The number of rotatable bonds is 4. The molecule has 2 aromatic heterocycles. The van der Waals surface area contributed by atoms with Gasteiger partial charge in [0.1, 0.15) is 0 Å². The van der Waals surface area contributed by atoms with Crippen LogP contribution in [0.25, 0.3) is 0 Å². The third-order valence-corrected chi connectivity index (χ3v) is 5.65. The molecule has 4 nitrogen and oxygen atoms in total. The fourth-order valence-electron chi connectivity index (χ4n) is 3.96. The van der Waals surface area contributed by atoms with Crippen molar-refractivity contribution in [2.45, 2.75) is 38.0 Å². The maximum Gasteiger partial charge on any atom is 0.0534 e. The third-order valence-electron chi connectivity index (χ3n) is 4.92. The van der Waals surface area contributed by atoms with Gasteiger partial charge in [-0.15, -0.1) is 0 Å². The van der Waals surface area contributed by atoms with Crippen molar-refractivity contribution < 1.29 is 0 Å². The zero-order valence-corrected chi connectivity index (χ0v) is 13.3. The highest BCUT2D eigenvalue weighted by molar-refractivity contribution is 7.07. The molecule has 0 bridgehead atoms. The Labute approximate surface area is 130 Å². The minimum Gasteiger partial charge on any atom is -0.294 e. The molecule has 0 unspecified atom stereocenters. The molecule has 0 radical (unpaired) electrons. The average Bonchev–Trinajstić information content (AvgIpc) is 3.20. The van der Waals surface area contributed by atoms with E-state index in [2.05, 4.69) is 37.9 Å². The van der Waals surface area contributed by atoms with Gasteiger partial charge >= 0.3 is 0 Å². The Morgan fingerprint density at radius 1 is 1.14 bits per heavy atom. The summed E-state index contributed by atoms with van der Waals surface area (Å²) in [5.41, 5.74) is 2.82. The monoisotopic (exact) mass is 302 g/mol. The zero-order valence-electron chi connectivity index (χ0n) is 12.5. The number of hydrogen-bond acceptors (Lipinski definition) is 4. The molecule has 0 amide bonds. The van der Waals surface area contributed by atoms with Crippen molar-refractivity contribution in [3.05, 3.63) is 40.3 Å². The van der Waals surface area contributed by atoms with Crippen LogP contribution in [-0.4, -0.2) is 44.8 Å². The summed E-state index contributed by atoms with van der Waals surface area (Å²) in [4.78, 5) is 5.35. The smallest absolute Gasteiger partial charge is 0.0534 e. The molecule has 2 atom stereocenters. The fraction of sp³-hybridized carbons (Fsp3) is 0.562. The lowest BCUT2D eigenvalue weighted by atomic mass is 10.1. The van der Waals surface area contributed by atoms with Crippen LogP contribution in [0.5, 0.6) is 0 Å². The Balaban J connectivity index is 1.41. The largest absolute Gasteiger partial charge is 0.294 e. The van der Waals surface area contributed by atoms with E-state index in [1.807, 2.05) is 17.9 Å². The van der Waals surface area contributed by atoms with Gasteiger partial charge in [-0.2, -0.15) is 16.4 Å². The Hall–Kier alpha value is -1.17. The molecule has 2 aliphatic rings. The molecule has 5 heteroatoms. The van der Waals surface area contributed by atoms with Crippen LogP contribution in [0.15, 0.2) is 29.2 Å². The summed E-state index contributed by atoms with van der Waals surface area (Å²) >= 11 is 1.81. The lowest BCUT2D eigenvalue weighted by Gasteiger charge is -2.25. The molecule has 0 aliphatic carbocycles. The van der Waals surface area contributed by atoms with Crippen LogP contribution in [-0.2, 0) is 20.1 Å². The van der Waals surface area contributed by atoms with E-state index in [-0.39, 0.29) is 0 Å². The average molecular weight is 302 g/mol. The van der Waals surface area contributed by atoms with Gasteiger partial charge in [-0.3, -0.25) is 14.5 Å². The van der Waals surface area contributed by atoms with E-state index in [4.69, 9.17) is 0 Å². The Morgan fingerprint density at radius 3 is 2.43 bits per heavy atom. The molecule has 4 heterocycles. The van der Waals surface area contributed by atoms with Crippen molar-refractivity contribution >= 4 is 11.3 Å². The highest BCUT2D eigenvalue weighted by Gasteiger charge is 2.42. The quantitative estimate of drug-likeness (QED) is 0.866. The summed E-state index contributed by atoms with van der Waals surface area (Å²) in [6.07, 6.45) is 6.78. The standard InChI is InChI=1S/C16H22N4S/c1-18-9-14(8-17-18)11-20-6-3-15-16(20)2-5-19(15)10-13-4-7-21-12-13/h4,7-9,12,15-16H,2-3,5-6,10-11H2,1H3/t15-,16-/m1/s1. The SMILES string of the molecule is Cn1cc(CN2CC[C@@H]3[C@H]2CCN3Cc2ccsc2)cn1. The summed E-state index contributed by atoms with van der Waals surface area (Å²) in [7, 11) is 1.99. The van der Waals surface area contributed by atoms with Crippen molar-refractivity contribution in [1.82, 2.24) is 19.6 Å². The van der Waals surface area contributed by atoms with Crippen LogP contribution in [0.4, 0.5) is 0 Å². The van der Waals surface area contributed by atoms with Crippen LogP contribution in [0.1, 0.15) is 24.0 Å². The van der Waals surface area contributed by atoms with Crippen molar-refractivity contribution in [3.8, 4) is 0 Å². The summed E-state index contributed by atoms with van der Waals surface area (Å²) in [6, 6.07) is 3.76. The second-order valence-electron chi connectivity index (χ2n) is 6.31. The van der Waals surface area contributed by atoms with E-state index in [9.17, 15) is 0 Å². The van der Waals surface area contributed by atoms with E-state index in [0.29, 0.717) is 0 Å². The van der Waals surface area contributed by atoms with Crippen molar-refractivity contribution in [2.75, 3.05) is 13.1 Å². The van der Waals surface area contributed by atoms with Crippen molar-refractivity contribution in [3.63, 3.8) is 0 Å². The molecular formula is C16H22N4S. The van der Waals surface area contributed by atoms with Crippen LogP contribution >= 0.6 is 11.3 Å². The summed E-state index contributed by atoms with van der Waals surface area (Å²) < 4.78 is 1.90.